The van der Waals surface area contributed by atoms with Gasteiger partial charge in [0.1, 0.15) is 0 Å². The molecule has 2 rings (SSSR count). The molecule has 4 nitrogen and oxygen atoms in total. The van der Waals surface area contributed by atoms with E-state index in [2.05, 4.69) is 40.3 Å². The first kappa shape index (κ1) is 13.5. The van der Waals surface area contributed by atoms with E-state index in [0.29, 0.717) is 13.1 Å². The molecule has 0 spiro atoms. The molecule has 2 N–H and O–H groups in total. The molecular formula is C15H21N3O. The summed E-state index contributed by atoms with van der Waals surface area (Å²) in [6, 6.07) is 8.11. The van der Waals surface area contributed by atoms with Gasteiger partial charge in [-0.25, -0.2) is 4.79 Å². The second-order valence-electron chi connectivity index (χ2n) is 4.68. The lowest BCUT2D eigenvalue weighted by Gasteiger charge is -2.21. The lowest BCUT2D eigenvalue weighted by atomic mass is 10.1. The van der Waals surface area contributed by atoms with Crippen LogP contribution in [0, 0.1) is 0 Å². The first-order valence-corrected chi connectivity index (χ1v) is 6.76. The first-order chi connectivity index (χ1) is 9.31. The van der Waals surface area contributed by atoms with Gasteiger partial charge >= 0.3 is 6.03 Å². The molecule has 0 unspecified atom stereocenters. The van der Waals surface area contributed by atoms with Crippen molar-refractivity contribution >= 4 is 11.7 Å². The minimum Gasteiger partial charge on any atom is -0.371 e. The van der Waals surface area contributed by atoms with Crippen LogP contribution in [0.5, 0.6) is 0 Å². The van der Waals surface area contributed by atoms with Crippen LogP contribution >= 0.6 is 0 Å². The maximum atomic E-state index is 11.5. The quantitative estimate of drug-likeness (QED) is 0.797. The fourth-order valence-corrected chi connectivity index (χ4v) is 2.33. The van der Waals surface area contributed by atoms with Crippen LogP contribution in [-0.2, 0) is 6.54 Å². The predicted octanol–water partition coefficient (Wildman–Crippen LogP) is 2.27. The Hall–Kier alpha value is -1.97. The standard InChI is InChI=1S/C15H21N3O/c1-2-9-16-15(19)17-12-13-7-3-4-8-14(13)18-10-5-6-11-18/h2-4,7-8H,1,5-6,9-12H2,(H2,16,17,19). The maximum Gasteiger partial charge on any atom is 0.315 e. The van der Waals surface area contributed by atoms with Crippen molar-refractivity contribution < 1.29 is 4.79 Å². The molecule has 0 aliphatic carbocycles. The number of carbonyl (C=O) groups is 1. The molecular weight excluding hydrogens is 238 g/mol. The number of hydrogen-bond acceptors (Lipinski definition) is 2. The smallest absolute Gasteiger partial charge is 0.315 e. The van der Waals surface area contributed by atoms with Crippen molar-refractivity contribution in [3.8, 4) is 0 Å². The van der Waals surface area contributed by atoms with Gasteiger partial charge in [-0.3, -0.25) is 0 Å². The molecule has 1 aliphatic heterocycles. The summed E-state index contributed by atoms with van der Waals surface area (Å²) < 4.78 is 0. The molecule has 0 aromatic heterocycles. The number of para-hydroxylation sites is 1. The topological polar surface area (TPSA) is 44.4 Å². The highest BCUT2D eigenvalue weighted by atomic mass is 16.2. The normalized spacial score (nSPS) is 14.2. The average molecular weight is 259 g/mol. The van der Waals surface area contributed by atoms with Crippen LogP contribution in [0.4, 0.5) is 10.5 Å². The Labute approximate surface area is 114 Å². The average Bonchev–Trinajstić information content (AvgIpc) is 2.97. The van der Waals surface area contributed by atoms with E-state index in [0.717, 1.165) is 18.7 Å². The molecule has 0 atom stereocenters. The molecule has 1 heterocycles. The van der Waals surface area contributed by atoms with Crippen LogP contribution in [0.15, 0.2) is 36.9 Å². The highest BCUT2D eigenvalue weighted by Crippen LogP contribution is 2.24. The summed E-state index contributed by atoms with van der Waals surface area (Å²) in [6.07, 6.45) is 4.17. The van der Waals surface area contributed by atoms with Gasteiger partial charge in [0.2, 0.25) is 0 Å². The fourth-order valence-electron chi connectivity index (χ4n) is 2.33. The number of amides is 2. The van der Waals surface area contributed by atoms with Crippen LogP contribution in [-0.4, -0.2) is 25.7 Å². The van der Waals surface area contributed by atoms with Crippen LogP contribution < -0.4 is 15.5 Å². The molecule has 2 amide bonds. The molecule has 1 aliphatic rings. The highest BCUT2D eigenvalue weighted by Gasteiger charge is 2.15. The van der Waals surface area contributed by atoms with Crippen molar-refractivity contribution in [2.75, 3.05) is 24.5 Å². The van der Waals surface area contributed by atoms with Gasteiger partial charge in [-0.15, -0.1) is 6.58 Å². The van der Waals surface area contributed by atoms with E-state index < -0.39 is 0 Å². The predicted molar refractivity (Wildman–Crippen MR) is 78.3 cm³/mol. The molecule has 0 saturated carbocycles. The van der Waals surface area contributed by atoms with Gasteiger partial charge in [-0.05, 0) is 24.5 Å². The largest absolute Gasteiger partial charge is 0.371 e. The zero-order valence-electron chi connectivity index (χ0n) is 11.2. The lowest BCUT2D eigenvalue weighted by Crippen LogP contribution is -2.35. The number of rotatable bonds is 5. The van der Waals surface area contributed by atoms with Crippen LogP contribution in [0.3, 0.4) is 0 Å². The lowest BCUT2D eigenvalue weighted by molar-refractivity contribution is 0.241. The van der Waals surface area contributed by atoms with Gasteiger partial charge in [0, 0.05) is 31.9 Å². The Balaban J connectivity index is 1.95. The van der Waals surface area contributed by atoms with E-state index in [1.165, 1.54) is 18.5 Å². The summed E-state index contributed by atoms with van der Waals surface area (Å²) in [7, 11) is 0. The summed E-state index contributed by atoms with van der Waals surface area (Å²) in [5, 5.41) is 5.58. The number of benzene rings is 1. The van der Waals surface area contributed by atoms with Crippen molar-refractivity contribution in [3.05, 3.63) is 42.5 Å². The van der Waals surface area contributed by atoms with E-state index in [1.54, 1.807) is 6.08 Å². The Morgan fingerprint density at radius 3 is 2.74 bits per heavy atom. The van der Waals surface area contributed by atoms with Gasteiger partial charge in [-0.2, -0.15) is 0 Å². The van der Waals surface area contributed by atoms with Crippen molar-refractivity contribution in [1.82, 2.24) is 10.6 Å². The van der Waals surface area contributed by atoms with Gasteiger partial charge in [0.25, 0.3) is 0 Å². The van der Waals surface area contributed by atoms with Gasteiger partial charge in [-0.1, -0.05) is 24.3 Å². The van der Waals surface area contributed by atoms with Crippen molar-refractivity contribution in [2.24, 2.45) is 0 Å². The van der Waals surface area contributed by atoms with Crippen LogP contribution in [0.2, 0.25) is 0 Å². The Bertz CT molecular complexity index is 439. The monoisotopic (exact) mass is 259 g/mol. The number of anilines is 1. The van der Waals surface area contributed by atoms with Crippen LogP contribution in [0.25, 0.3) is 0 Å². The zero-order chi connectivity index (χ0) is 13.5. The number of urea groups is 1. The molecule has 4 heteroatoms. The molecule has 19 heavy (non-hydrogen) atoms. The van der Waals surface area contributed by atoms with Gasteiger partial charge < -0.3 is 15.5 Å². The molecule has 0 bridgehead atoms. The summed E-state index contributed by atoms with van der Waals surface area (Å²) in [6.45, 7) is 6.83. The minimum atomic E-state index is -0.156. The second kappa shape index (κ2) is 6.83. The molecule has 1 aromatic carbocycles. The third-order valence-electron chi connectivity index (χ3n) is 3.28. The fraction of sp³-hybridized carbons (Fsp3) is 0.400. The third kappa shape index (κ3) is 3.74. The SMILES string of the molecule is C=CCNC(=O)NCc1ccccc1N1CCCC1. The minimum absolute atomic E-state index is 0.156. The molecule has 102 valence electrons. The van der Waals surface area contributed by atoms with E-state index in [4.69, 9.17) is 0 Å². The zero-order valence-corrected chi connectivity index (χ0v) is 11.2. The van der Waals surface area contributed by atoms with E-state index in [1.807, 2.05) is 6.07 Å². The number of carbonyl (C=O) groups excluding carboxylic acids is 1. The number of nitrogens with one attached hydrogen (secondary N) is 2. The van der Waals surface area contributed by atoms with Crippen molar-refractivity contribution in [2.45, 2.75) is 19.4 Å². The van der Waals surface area contributed by atoms with E-state index in [9.17, 15) is 4.79 Å². The Morgan fingerprint density at radius 1 is 1.26 bits per heavy atom. The first-order valence-electron chi connectivity index (χ1n) is 6.76. The summed E-state index contributed by atoms with van der Waals surface area (Å²) in [5.74, 6) is 0. The summed E-state index contributed by atoms with van der Waals surface area (Å²) >= 11 is 0. The van der Waals surface area contributed by atoms with E-state index in [-0.39, 0.29) is 6.03 Å². The summed E-state index contributed by atoms with van der Waals surface area (Å²) in [5.41, 5.74) is 2.40. The molecule has 1 aromatic rings. The molecule has 0 radical (unpaired) electrons. The third-order valence-corrected chi connectivity index (χ3v) is 3.28. The Morgan fingerprint density at radius 2 is 2.00 bits per heavy atom. The van der Waals surface area contributed by atoms with Crippen molar-refractivity contribution in [3.63, 3.8) is 0 Å². The molecule has 1 fully saturated rings. The van der Waals surface area contributed by atoms with Crippen molar-refractivity contribution in [1.29, 1.82) is 0 Å². The van der Waals surface area contributed by atoms with Gasteiger partial charge in [0.15, 0.2) is 0 Å². The summed E-state index contributed by atoms with van der Waals surface area (Å²) in [4.78, 5) is 13.9. The molecule has 1 saturated heterocycles. The van der Waals surface area contributed by atoms with Gasteiger partial charge in [0.05, 0.1) is 0 Å². The second-order valence-corrected chi connectivity index (χ2v) is 4.68. The number of nitrogens with zero attached hydrogens (tertiary/aromatic N) is 1. The van der Waals surface area contributed by atoms with E-state index >= 15 is 0 Å². The van der Waals surface area contributed by atoms with Crippen LogP contribution in [0.1, 0.15) is 18.4 Å². The maximum absolute atomic E-state index is 11.5. The number of hydrogen-bond donors (Lipinski definition) is 2. The highest BCUT2D eigenvalue weighted by molar-refractivity contribution is 5.74. The Kier molecular flexibility index (Phi) is 4.84.